The summed E-state index contributed by atoms with van der Waals surface area (Å²) in [5.41, 5.74) is 1.28. The quantitative estimate of drug-likeness (QED) is 0.431. The summed E-state index contributed by atoms with van der Waals surface area (Å²) in [4.78, 5) is 0. The Kier molecular flexibility index (Phi) is 6.22. The Bertz CT molecular complexity index is 201. The van der Waals surface area contributed by atoms with Gasteiger partial charge in [-0.25, -0.2) is 0 Å². The first-order valence-corrected chi connectivity index (χ1v) is 5.47. The van der Waals surface area contributed by atoms with Gasteiger partial charge in [0, 0.05) is 5.57 Å². The third-order valence-electron chi connectivity index (χ3n) is 3.12. The van der Waals surface area contributed by atoms with Gasteiger partial charge in [-0.3, -0.25) is 0 Å². The van der Waals surface area contributed by atoms with Crippen LogP contribution in [0.15, 0.2) is 37.0 Å². The highest BCUT2D eigenvalue weighted by atomic mass is 15.3. The van der Waals surface area contributed by atoms with Crippen molar-refractivity contribution >= 4 is 0 Å². The molecule has 0 aliphatic carbocycles. The average Bonchev–Trinajstić information content (AvgIpc) is 2.25. The second-order valence-corrected chi connectivity index (χ2v) is 3.63. The topological polar surface area (TPSA) is 0 Å². The zero-order valence-corrected chi connectivity index (χ0v) is 9.92. The predicted octanol–water partition coefficient (Wildman–Crippen LogP) is 3.16. The number of hydrogen-bond acceptors (Lipinski definition) is 0. The van der Waals surface area contributed by atoms with Crippen molar-refractivity contribution in [1.82, 2.24) is 0 Å². The SMILES string of the molecule is C=C/C=C(\C=C)C[N+](CC)(CC)CC. The second-order valence-electron chi connectivity index (χ2n) is 3.63. The Morgan fingerprint density at radius 2 is 1.57 bits per heavy atom. The average molecular weight is 194 g/mol. The Morgan fingerprint density at radius 3 is 1.86 bits per heavy atom. The molecule has 1 nitrogen and oxygen atoms in total. The number of allylic oxidation sites excluding steroid dienone is 2. The Hall–Kier alpha value is -0.820. The Balaban J connectivity index is 4.64. The molecule has 0 saturated carbocycles. The minimum absolute atomic E-state index is 1.07. The lowest BCUT2D eigenvalue weighted by Gasteiger charge is -2.36. The second kappa shape index (κ2) is 6.61. The van der Waals surface area contributed by atoms with Gasteiger partial charge in [0.15, 0.2) is 0 Å². The zero-order chi connectivity index (χ0) is 11.0. The smallest absolute Gasteiger partial charge is 0.104 e. The van der Waals surface area contributed by atoms with Crippen LogP contribution in [-0.4, -0.2) is 30.7 Å². The summed E-state index contributed by atoms with van der Waals surface area (Å²) in [5.74, 6) is 0. The molecule has 1 heteroatoms. The molecule has 14 heavy (non-hydrogen) atoms. The van der Waals surface area contributed by atoms with Gasteiger partial charge < -0.3 is 4.48 Å². The van der Waals surface area contributed by atoms with Crippen LogP contribution < -0.4 is 0 Å². The molecule has 0 aliphatic heterocycles. The van der Waals surface area contributed by atoms with E-state index in [1.54, 1.807) is 0 Å². The van der Waals surface area contributed by atoms with Crippen LogP contribution in [0.4, 0.5) is 0 Å². The maximum absolute atomic E-state index is 3.84. The summed E-state index contributed by atoms with van der Waals surface area (Å²) in [6, 6.07) is 0. The largest absolute Gasteiger partial charge is 0.321 e. The van der Waals surface area contributed by atoms with Gasteiger partial charge in [0.2, 0.25) is 0 Å². The summed E-state index contributed by atoms with van der Waals surface area (Å²) in [5, 5.41) is 0. The summed E-state index contributed by atoms with van der Waals surface area (Å²) in [6.45, 7) is 18.9. The highest BCUT2D eigenvalue weighted by Crippen LogP contribution is 2.11. The van der Waals surface area contributed by atoms with Gasteiger partial charge in [-0.05, 0) is 20.8 Å². The molecule has 0 radical (unpaired) electrons. The molecule has 0 rings (SSSR count). The van der Waals surface area contributed by atoms with E-state index in [4.69, 9.17) is 0 Å². The van der Waals surface area contributed by atoms with Gasteiger partial charge in [-0.2, -0.15) is 0 Å². The summed E-state index contributed by atoms with van der Waals surface area (Å²) < 4.78 is 1.13. The Morgan fingerprint density at radius 1 is 1.07 bits per heavy atom. The van der Waals surface area contributed by atoms with Crippen molar-refractivity contribution in [3.05, 3.63) is 37.0 Å². The summed E-state index contributed by atoms with van der Waals surface area (Å²) in [7, 11) is 0. The molecule has 0 aromatic rings. The van der Waals surface area contributed by atoms with E-state index in [0.29, 0.717) is 0 Å². The van der Waals surface area contributed by atoms with Crippen LogP contribution in [0.1, 0.15) is 20.8 Å². The van der Waals surface area contributed by atoms with E-state index in [9.17, 15) is 0 Å². The Labute approximate surface area is 89.0 Å². The van der Waals surface area contributed by atoms with Crippen LogP contribution in [0.5, 0.6) is 0 Å². The van der Waals surface area contributed by atoms with Crippen molar-refractivity contribution in [2.45, 2.75) is 20.8 Å². The van der Waals surface area contributed by atoms with Gasteiger partial charge in [0.25, 0.3) is 0 Å². The number of hydrogen-bond donors (Lipinski definition) is 0. The molecular formula is C13H24N+. The van der Waals surface area contributed by atoms with Crippen molar-refractivity contribution in [2.24, 2.45) is 0 Å². The fraction of sp³-hybridized carbons (Fsp3) is 0.538. The minimum atomic E-state index is 1.07. The van der Waals surface area contributed by atoms with Crippen LogP contribution in [0.3, 0.4) is 0 Å². The van der Waals surface area contributed by atoms with E-state index < -0.39 is 0 Å². The van der Waals surface area contributed by atoms with E-state index >= 15 is 0 Å². The first kappa shape index (κ1) is 13.2. The monoisotopic (exact) mass is 194 g/mol. The number of quaternary nitrogens is 1. The zero-order valence-electron chi connectivity index (χ0n) is 9.92. The van der Waals surface area contributed by atoms with Crippen molar-refractivity contribution < 1.29 is 4.48 Å². The molecule has 0 spiro atoms. The van der Waals surface area contributed by atoms with Gasteiger partial charge in [0.1, 0.15) is 6.54 Å². The maximum atomic E-state index is 3.84. The molecule has 80 valence electrons. The number of rotatable bonds is 7. The molecule has 0 atom stereocenters. The normalized spacial score (nSPS) is 12.6. The molecule has 0 fully saturated rings. The number of nitrogens with zero attached hydrogens (tertiary/aromatic N) is 1. The molecule has 0 N–H and O–H groups in total. The van der Waals surface area contributed by atoms with Crippen molar-refractivity contribution in [3.8, 4) is 0 Å². The molecule has 0 unspecified atom stereocenters. The third kappa shape index (κ3) is 3.51. The highest BCUT2D eigenvalue weighted by molar-refractivity contribution is 5.21. The predicted molar refractivity (Wildman–Crippen MR) is 65.2 cm³/mol. The van der Waals surface area contributed by atoms with Crippen LogP contribution in [0.2, 0.25) is 0 Å². The fourth-order valence-electron chi connectivity index (χ4n) is 1.73. The summed E-state index contributed by atoms with van der Waals surface area (Å²) >= 11 is 0. The van der Waals surface area contributed by atoms with E-state index in [2.05, 4.69) is 40.0 Å². The summed E-state index contributed by atoms with van der Waals surface area (Å²) in [6.07, 6.45) is 5.84. The van der Waals surface area contributed by atoms with Gasteiger partial charge in [-0.1, -0.05) is 31.4 Å². The molecular weight excluding hydrogens is 170 g/mol. The van der Waals surface area contributed by atoms with E-state index in [1.165, 1.54) is 25.2 Å². The van der Waals surface area contributed by atoms with Crippen molar-refractivity contribution in [2.75, 3.05) is 26.2 Å². The van der Waals surface area contributed by atoms with E-state index in [1.807, 2.05) is 12.2 Å². The van der Waals surface area contributed by atoms with Crippen LogP contribution in [0.25, 0.3) is 0 Å². The van der Waals surface area contributed by atoms with Crippen LogP contribution in [0, 0.1) is 0 Å². The first-order chi connectivity index (χ1) is 6.67. The molecule has 0 aromatic carbocycles. The lowest BCUT2D eigenvalue weighted by Crippen LogP contribution is -2.48. The van der Waals surface area contributed by atoms with Crippen molar-refractivity contribution in [3.63, 3.8) is 0 Å². The number of likely N-dealkylation sites (N-methyl/N-ethyl adjacent to an activating group) is 1. The van der Waals surface area contributed by atoms with Crippen LogP contribution in [-0.2, 0) is 0 Å². The molecule has 0 amide bonds. The van der Waals surface area contributed by atoms with Gasteiger partial charge in [-0.15, -0.1) is 0 Å². The first-order valence-electron chi connectivity index (χ1n) is 5.47. The standard InChI is InChI=1S/C13H24N/c1-6-11-13(7-2)12-14(8-3,9-4)10-5/h6-7,11H,1-2,8-10,12H2,3-5H3/q+1/b13-11+. The van der Waals surface area contributed by atoms with E-state index in [0.717, 1.165) is 11.0 Å². The maximum Gasteiger partial charge on any atom is 0.104 e. The molecule has 0 saturated heterocycles. The van der Waals surface area contributed by atoms with Gasteiger partial charge in [0.05, 0.1) is 19.6 Å². The third-order valence-corrected chi connectivity index (χ3v) is 3.12. The molecule has 0 bridgehead atoms. The van der Waals surface area contributed by atoms with Crippen LogP contribution >= 0.6 is 0 Å². The van der Waals surface area contributed by atoms with Crippen molar-refractivity contribution in [1.29, 1.82) is 0 Å². The van der Waals surface area contributed by atoms with E-state index in [-0.39, 0.29) is 0 Å². The lowest BCUT2D eigenvalue weighted by molar-refractivity contribution is -0.918. The van der Waals surface area contributed by atoms with Gasteiger partial charge >= 0.3 is 0 Å². The minimum Gasteiger partial charge on any atom is -0.321 e. The molecule has 0 heterocycles. The highest BCUT2D eigenvalue weighted by Gasteiger charge is 2.20. The molecule has 0 aromatic heterocycles. The molecule has 0 aliphatic rings. The lowest BCUT2D eigenvalue weighted by atomic mass is 10.2. The fourth-order valence-corrected chi connectivity index (χ4v) is 1.73.